The maximum absolute atomic E-state index is 12.0. The van der Waals surface area contributed by atoms with E-state index in [0.717, 1.165) is 29.8 Å². The van der Waals surface area contributed by atoms with Crippen LogP contribution in [0.15, 0.2) is 24.3 Å². The Labute approximate surface area is 126 Å². The van der Waals surface area contributed by atoms with Crippen LogP contribution in [0.5, 0.6) is 0 Å². The number of hydrogen-bond acceptors (Lipinski definition) is 2. The van der Waals surface area contributed by atoms with Crippen LogP contribution in [0, 0.1) is 5.92 Å². The number of para-hydroxylation sites is 2. The van der Waals surface area contributed by atoms with E-state index in [1.807, 2.05) is 25.1 Å². The van der Waals surface area contributed by atoms with Gasteiger partial charge < -0.3 is 9.88 Å². The van der Waals surface area contributed by atoms with Gasteiger partial charge >= 0.3 is 0 Å². The molecule has 0 aliphatic carbocycles. The van der Waals surface area contributed by atoms with Crippen LogP contribution in [0.1, 0.15) is 52.4 Å². The quantitative estimate of drug-likeness (QED) is 0.881. The lowest BCUT2D eigenvalue weighted by atomic mass is 10.1. The second-order valence-electron chi connectivity index (χ2n) is 5.92. The summed E-state index contributed by atoms with van der Waals surface area (Å²) in [6.45, 7) is 9.22. The van der Waals surface area contributed by atoms with E-state index in [-0.39, 0.29) is 11.9 Å². The van der Waals surface area contributed by atoms with Gasteiger partial charge in [-0.15, -0.1) is 0 Å². The molecule has 1 atom stereocenters. The Hall–Kier alpha value is -1.84. The van der Waals surface area contributed by atoms with Crippen LogP contribution in [0.25, 0.3) is 11.0 Å². The van der Waals surface area contributed by atoms with Gasteiger partial charge in [-0.05, 0) is 38.3 Å². The zero-order chi connectivity index (χ0) is 15.4. The summed E-state index contributed by atoms with van der Waals surface area (Å²) in [4.78, 5) is 16.7. The second-order valence-corrected chi connectivity index (χ2v) is 5.92. The molecule has 1 N–H and O–H groups in total. The van der Waals surface area contributed by atoms with Crippen LogP contribution in [0.4, 0.5) is 0 Å². The second kappa shape index (κ2) is 6.74. The molecule has 0 saturated carbocycles. The number of carbonyl (C=O) groups excluding carboxylic acids is 1. The van der Waals surface area contributed by atoms with Gasteiger partial charge in [-0.2, -0.15) is 0 Å². The Morgan fingerprint density at radius 3 is 2.67 bits per heavy atom. The van der Waals surface area contributed by atoms with Crippen LogP contribution in [-0.2, 0) is 11.3 Å². The first kappa shape index (κ1) is 15.5. The minimum Gasteiger partial charge on any atom is -0.346 e. The van der Waals surface area contributed by atoms with Crippen LogP contribution in [0.2, 0.25) is 0 Å². The molecule has 1 unspecified atom stereocenters. The van der Waals surface area contributed by atoms with Gasteiger partial charge in [0.1, 0.15) is 5.82 Å². The Balaban J connectivity index is 2.15. The highest BCUT2D eigenvalue weighted by Crippen LogP contribution is 2.20. The predicted molar refractivity (Wildman–Crippen MR) is 86.0 cm³/mol. The van der Waals surface area contributed by atoms with Gasteiger partial charge in [0.05, 0.1) is 17.1 Å². The summed E-state index contributed by atoms with van der Waals surface area (Å²) in [5, 5.41) is 3.06. The number of fused-ring (bicyclic) bond motifs is 1. The van der Waals surface area contributed by atoms with Crippen molar-refractivity contribution in [2.45, 2.75) is 53.1 Å². The van der Waals surface area contributed by atoms with E-state index in [9.17, 15) is 4.79 Å². The number of hydrogen-bond donors (Lipinski definition) is 1. The van der Waals surface area contributed by atoms with E-state index in [4.69, 9.17) is 0 Å². The van der Waals surface area contributed by atoms with Gasteiger partial charge in [-0.25, -0.2) is 4.98 Å². The summed E-state index contributed by atoms with van der Waals surface area (Å²) >= 11 is 0. The fourth-order valence-corrected chi connectivity index (χ4v) is 2.56. The lowest BCUT2D eigenvalue weighted by molar-refractivity contribution is -0.122. The smallest absolute Gasteiger partial charge is 0.220 e. The minimum atomic E-state index is -0.0722. The van der Waals surface area contributed by atoms with Crippen LogP contribution >= 0.6 is 0 Å². The van der Waals surface area contributed by atoms with E-state index in [1.165, 1.54) is 0 Å². The van der Waals surface area contributed by atoms with E-state index in [1.54, 1.807) is 0 Å². The zero-order valence-corrected chi connectivity index (χ0v) is 13.4. The fourth-order valence-electron chi connectivity index (χ4n) is 2.56. The maximum atomic E-state index is 12.0. The first-order valence-corrected chi connectivity index (χ1v) is 7.77. The highest BCUT2D eigenvalue weighted by molar-refractivity contribution is 5.78. The topological polar surface area (TPSA) is 46.9 Å². The van der Waals surface area contributed by atoms with Crippen LogP contribution in [0.3, 0.4) is 0 Å². The third kappa shape index (κ3) is 3.63. The molecule has 0 bridgehead atoms. The zero-order valence-electron chi connectivity index (χ0n) is 13.4. The fraction of sp³-hybridized carbons (Fsp3) is 0.529. The van der Waals surface area contributed by atoms with Gasteiger partial charge in [-0.1, -0.05) is 26.0 Å². The molecule has 1 amide bonds. The van der Waals surface area contributed by atoms with E-state index < -0.39 is 0 Å². The molecule has 2 aromatic rings. The van der Waals surface area contributed by atoms with E-state index in [0.29, 0.717) is 12.3 Å². The minimum absolute atomic E-state index is 0.0722. The normalized spacial score (nSPS) is 12.8. The molecule has 1 heterocycles. The number of aromatic nitrogens is 2. The van der Waals surface area contributed by atoms with Crippen molar-refractivity contribution in [2.75, 3.05) is 0 Å². The third-order valence-electron chi connectivity index (χ3n) is 3.71. The largest absolute Gasteiger partial charge is 0.346 e. The number of aryl methyl sites for hydroxylation is 1. The number of imidazole rings is 1. The first-order chi connectivity index (χ1) is 10.0. The highest BCUT2D eigenvalue weighted by atomic mass is 16.1. The molecule has 0 saturated heterocycles. The number of nitrogens with one attached hydrogen (secondary N) is 1. The van der Waals surface area contributed by atoms with Gasteiger partial charge in [0, 0.05) is 13.0 Å². The van der Waals surface area contributed by atoms with Crippen molar-refractivity contribution in [3.8, 4) is 0 Å². The molecular formula is C17H25N3O. The predicted octanol–water partition coefficient (Wildman–Crippen LogP) is 3.67. The lowest BCUT2D eigenvalue weighted by Crippen LogP contribution is -2.28. The molecule has 0 fully saturated rings. The maximum Gasteiger partial charge on any atom is 0.220 e. The van der Waals surface area contributed by atoms with Gasteiger partial charge in [0.15, 0.2) is 0 Å². The SMILES string of the molecule is CCn1c(C(C)NC(=O)CCC(C)C)nc2ccccc21. The summed E-state index contributed by atoms with van der Waals surface area (Å²) in [6, 6.07) is 8.02. The summed E-state index contributed by atoms with van der Waals surface area (Å²) in [6.07, 6.45) is 1.50. The number of benzene rings is 1. The number of rotatable bonds is 6. The van der Waals surface area contributed by atoms with Crippen molar-refractivity contribution < 1.29 is 4.79 Å². The summed E-state index contributed by atoms with van der Waals surface area (Å²) in [7, 11) is 0. The van der Waals surface area contributed by atoms with E-state index >= 15 is 0 Å². The average molecular weight is 287 g/mol. The molecule has 1 aromatic carbocycles. The van der Waals surface area contributed by atoms with Crippen molar-refractivity contribution in [1.82, 2.24) is 14.9 Å². The Kier molecular flexibility index (Phi) is 4.99. The summed E-state index contributed by atoms with van der Waals surface area (Å²) in [5.74, 6) is 1.58. The Morgan fingerprint density at radius 2 is 2.00 bits per heavy atom. The molecule has 4 nitrogen and oxygen atoms in total. The van der Waals surface area contributed by atoms with Crippen molar-refractivity contribution >= 4 is 16.9 Å². The van der Waals surface area contributed by atoms with Crippen LogP contribution < -0.4 is 5.32 Å². The standard InChI is InChI=1S/C17H25N3O/c1-5-20-15-9-7-6-8-14(15)19-17(20)13(4)18-16(21)11-10-12(2)3/h6-9,12-13H,5,10-11H2,1-4H3,(H,18,21). The van der Waals surface area contributed by atoms with Gasteiger partial charge in [0.25, 0.3) is 0 Å². The highest BCUT2D eigenvalue weighted by Gasteiger charge is 2.17. The molecule has 1 aromatic heterocycles. The molecular weight excluding hydrogens is 262 g/mol. The van der Waals surface area contributed by atoms with Gasteiger partial charge in [0.2, 0.25) is 5.91 Å². The Bertz CT molecular complexity index is 616. The molecule has 0 aliphatic rings. The molecule has 114 valence electrons. The van der Waals surface area contributed by atoms with Crippen molar-refractivity contribution in [3.63, 3.8) is 0 Å². The lowest BCUT2D eigenvalue weighted by Gasteiger charge is -2.15. The number of amides is 1. The summed E-state index contributed by atoms with van der Waals surface area (Å²) < 4.78 is 2.17. The van der Waals surface area contributed by atoms with E-state index in [2.05, 4.69) is 41.7 Å². The van der Waals surface area contributed by atoms with Crippen molar-refractivity contribution in [1.29, 1.82) is 0 Å². The van der Waals surface area contributed by atoms with Crippen molar-refractivity contribution in [3.05, 3.63) is 30.1 Å². The monoisotopic (exact) mass is 287 g/mol. The van der Waals surface area contributed by atoms with Gasteiger partial charge in [-0.3, -0.25) is 4.79 Å². The summed E-state index contributed by atoms with van der Waals surface area (Å²) in [5.41, 5.74) is 2.11. The molecule has 0 spiro atoms. The number of nitrogens with zero attached hydrogens (tertiary/aromatic N) is 2. The number of carbonyl (C=O) groups is 1. The molecule has 0 aliphatic heterocycles. The molecule has 0 radical (unpaired) electrons. The third-order valence-corrected chi connectivity index (χ3v) is 3.71. The molecule has 2 rings (SSSR count). The van der Waals surface area contributed by atoms with Crippen molar-refractivity contribution in [2.24, 2.45) is 5.92 Å². The first-order valence-electron chi connectivity index (χ1n) is 7.77. The van der Waals surface area contributed by atoms with Crippen LogP contribution in [-0.4, -0.2) is 15.5 Å². The molecule has 21 heavy (non-hydrogen) atoms. The Morgan fingerprint density at radius 1 is 1.29 bits per heavy atom. The average Bonchev–Trinajstić information content (AvgIpc) is 2.83. The molecule has 4 heteroatoms.